The van der Waals surface area contributed by atoms with Crippen LogP contribution in [0.3, 0.4) is 0 Å². The zero-order valence-electron chi connectivity index (χ0n) is 11.6. The number of hydrogen-bond acceptors (Lipinski definition) is 1. The SMILES string of the molecule is CCCNC(c1ccc(C)cc1C)C(F)(F)C(F)(F)F. The third-order valence-electron chi connectivity index (χ3n) is 3.08. The first kappa shape index (κ1) is 16.9. The van der Waals surface area contributed by atoms with Crippen LogP contribution in [0, 0.1) is 13.8 Å². The molecule has 1 atom stereocenters. The van der Waals surface area contributed by atoms with Crippen LogP contribution in [0.25, 0.3) is 0 Å². The van der Waals surface area contributed by atoms with E-state index in [1.165, 1.54) is 19.1 Å². The molecular weight excluding hydrogens is 277 g/mol. The summed E-state index contributed by atoms with van der Waals surface area (Å²) in [6.45, 7) is 5.09. The minimum atomic E-state index is -5.59. The van der Waals surface area contributed by atoms with Crippen LogP contribution in [0.1, 0.15) is 36.1 Å². The molecule has 0 amide bonds. The Hall–Kier alpha value is -1.17. The smallest absolute Gasteiger partial charge is 0.305 e. The molecule has 1 aromatic carbocycles. The van der Waals surface area contributed by atoms with E-state index >= 15 is 0 Å². The number of halogens is 5. The van der Waals surface area contributed by atoms with Crippen LogP contribution in [0.4, 0.5) is 22.0 Å². The van der Waals surface area contributed by atoms with E-state index in [0.29, 0.717) is 12.0 Å². The minimum Gasteiger partial charge on any atom is -0.305 e. The first-order chi connectivity index (χ1) is 9.11. The Balaban J connectivity index is 3.25. The third-order valence-corrected chi connectivity index (χ3v) is 3.08. The lowest BCUT2D eigenvalue weighted by Crippen LogP contribution is -2.48. The molecule has 6 heteroatoms. The highest BCUT2D eigenvalue weighted by atomic mass is 19.4. The summed E-state index contributed by atoms with van der Waals surface area (Å²) >= 11 is 0. The normalized spacial score (nSPS) is 14.4. The molecule has 0 radical (unpaired) electrons. The maximum absolute atomic E-state index is 13.7. The van der Waals surface area contributed by atoms with Gasteiger partial charge in [-0.15, -0.1) is 0 Å². The molecule has 0 heterocycles. The first-order valence-corrected chi connectivity index (χ1v) is 6.36. The van der Waals surface area contributed by atoms with Crippen LogP contribution >= 0.6 is 0 Å². The quantitative estimate of drug-likeness (QED) is 0.786. The van der Waals surface area contributed by atoms with Crippen LogP contribution in [0.5, 0.6) is 0 Å². The zero-order chi connectivity index (χ0) is 15.6. The molecule has 0 saturated heterocycles. The molecule has 0 bridgehead atoms. The van der Waals surface area contributed by atoms with Gasteiger partial charge in [0.15, 0.2) is 0 Å². The Kier molecular flexibility index (Phi) is 5.13. The lowest BCUT2D eigenvalue weighted by Gasteiger charge is -2.30. The summed E-state index contributed by atoms with van der Waals surface area (Å²) < 4.78 is 65.2. The fourth-order valence-corrected chi connectivity index (χ4v) is 2.04. The number of nitrogens with one attached hydrogen (secondary N) is 1. The first-order valence-electron chi connectivity index (χ1n) is 6.36. The molecule has 1 rings (SSSR count). The van der Waals surface area contributed by atoms with E-state index in [2.05, 4.69) is 5.32 Å². The van der Waals surface area contributed by atoms with Crippen LogP contribution in [0.2, 0.25) is 0 Å². The highest BCUT2D eigenvalue weighted by Crippen LogP contribution is 2.45. The van der Waals surface area contributed by atoms with E-state index in [1.807, 2.05) is 0 Å². The molecule has 20 heavy (non-hydrogen) atoms. The lowest BCUT2D eigenvalue weighted by atomic mass is 9.94. The van der Waals surface area contributed by atoms with Crippen molar-refractivity contribution < 1.29 is 22.0 Å². The van der Waals surface area contributed by atoms with E-state index in [9.17, 15) is 22.0 Å². The van der Waals surface area contributed by atoms with Gasteiger partial charge in [0.25, 0.3) is 0 Å². The highest BCUT2D eigenvalue weighted by Gasteiger charge is 2.62. The predicted octanol–water partition coefficient (Wildman–Crippen LogP) is 4.54. The van der Waals surface area contributed by atoms with Crippen LogP contribution in [0.15, 0.2) is 18.2 Å². The number of alkyl halides is 5. The Labute approximate surface area is 115 Å². The molecule has 0 saturated carbocycles. The number of benzene rings is 1. The van der Waals surface area contributed by atoms with E-state index in [0.717, 1.165) is 5.56 Å². The highest BCUT2D eigenvalue weighted by molar-refractivity contribution is 5.34. The molecule has 0 aliphatic heterocycles. The summed E-state index contributed by atoms with van der Waals surface area (Å²) in [5, 5.41) is 2.32. The molecule has 1 unspecified atom stereocenters. The Morgan fingerprint density at radius 2 is 1.70 bits per heavy atom. The summed E-state index contributed by atoms with van der Waals surface area (Å²) in [7, 11) is 0. The zero-order valence-corrected chi connectivity index (χ0v) is 11.6. The average Bonchev–Trinajstić information content (AvgIpc) is 2.30. The van der Waals surface area contributed by atoms with E-state index in [4.69, 9.17) is 0 Å². The van der Waals surface area contributed by atoms with Gasteiger partial charge in [0.1, 0.15) is 6.04 Å². The molecule has 0 fully saturated rings. The molecule has 1 N–H and O–H groups in total. The maximum atomic E-state index is 13.7. The van der Waals surface area contributed by atoms with Gasteiger partial charge < -0.3 is 5.32 Å². The van der Waals surface area contributed by atoms with E-state index in [1.54, 1.807) is 19.9 Å². The number of rotatable bonds is 5. The monoisotopic (exact) mass is 295 g/mol. The Morgan fingerprint density at radius 3 is 2.15 bits per heavy atom. The van der Waals surface area contributed by atoms with Gasteiger partial charge in [-0.2, -0.15) is 22.0 Å². The molecular formula is C14H18F5N. The summed E-state index contributed by atoms with van der Waals surface area (Å²) in [4.78, 5) is 0. The average molecular weight is 295 g/mol. The maximum Gasteiger partial charge on any atom is 0.455 e. The summed E-state index contributed by atoms with van der Waals surface area (Å²) in [5.74, 6) is -4.82. The van der Waals surface area contributed by atoms with Gasteiger partial charge in [0, 0.05) is 0 Å². The molecule has 0 aromatic heterocycles. The van der Waals surface area contributed by atoms with Crippen molar-refractivity contribution >= 4 is 0 Å². The van der Waals surface area contributed by atoms with Crippen molar-refractivity contribution in [2.75, 3.05) is 6.54 Å². The molecule has 1 nitrogen and oxygen atoms in total. The largest absolute Gasteiger partial charge is 0.455 e. The standard InChI is InChI=1S/C14H18F5N/c1-4-7-20-12(13(15,16)14(17,18)19)11-6-5-9(2)8-10(11)3/h5-6,8,12,20H,4,7H2,1-3H3. The van der Waals surface area contributed by atoms with Crippen LogP contribution in [-0.2, 0) is 0 Å². The van der Waals surface area contributed by atoms with Gasteiger partial charge in [0.2, 0.25) is 0 Å². The number of aryl methyl sites for hydroxylation is 2. The van der Waals surface area contributed by atoms with Gasteiger partial charge in [-0.05, 0) is 37.9 Å². The van der Waals surface area contributed by atoms with Crippen molar-refractivity contribution in [3.8, 4) is 0 Å². The van der Waals surface area contributed by atoms with Crippen molar-refractivity contribution in [3.05, 3.63) is 34.9 Å². The minimum absolute atomic E-state index is 0.0219. The third kappa shape index (κ3) is 3.48. The molecule has 0 spiro atoms. The molecule has 0 aliphatic carbocycles. The number of hydrogen-bond donors (Lipinski definition) is 1. The van der Waals surface area contributed by atoms with Crippen molar-refractivity contribution in [1.82, 2.24) is 5.32 Å². The summed E-state index contributed by atoms with van der Waals surface area (Å²) in [6.07, 6.45) is -5.12. The predicted molar refractivity (Wildman–Crippen MR) is 68.0 cm³/mol. The molecule has 0 aliphatic rings. The van der Waals surface area contributed by atoms with E-state index < -0.39 is 18.1 Å². The fraction of sp³-hybridized carbons (Fsp3) is 0.571. The van der Waals surface area contributed by atoms with Gasteiger partial charge in [0.05, 0.1) is 0 Å². The van der Waals surface area contributed by atoms with Gasteiger partial charge >= 0.3 is 12.1 Å². The Morgan fingerprint density at radius 1 is 1.10 bits per heavy atom. The van der Waals surface area contributed by atoms with Crippen molar-refractivity contribution in [3.63, 3.8) is 0 Å². The molecule has 1 aromatic rings. The molecule has 114 valence electrons. The van der Waals surface area contributed by atoms with Crippen molar-refractivity contribution in [2.45, 2.75) is 45.3 Å². The second-order valence-corrected chi connectivity index (χ2v) is 4.87. The van der Waals surface area contributed by atoms with Gasteiger partial charge in [-0.1, -0.05) is 30.7 Å². The van der Waals surface area contributed by atoms with Crippen LogP contribution in [-0.4, -0.2) is 18.6 Å². The fourth-order valence-electron chi connectivity index (χ4n) is 2.04. The van der Waals surface area contributed by atoms with E-state index in [-0.39, 0.29) is 12.1 Å². The summed E-state index contributed by atoms with van der Waals surface area (Å²) in [6, 6.07) is 2.40. The second kappa shape index (κ2) is 6.08. The Bertz CT molecular complexity index is 453. The van der Waals surface area contributed by atoms with Crippen molar-refractivity contribution in [2.24, 2.45) is 0 Å². The lowest BCUT2D eigenvalue weighted by molar-refractivity contribution is -0.294. The van der Waals surface area contributed by atoms with Crippen molar-refractivity contribution in [1.29, 1.82) is 0 Å². The van der Waals surface area contributed by atoms with Crippen LogP contribution < -0.4 is 5.32 Å². The van der Waals surface area contributed by atoms with Gasteiger partial charge in [-0.25, -0.2) is 0 Å². The topological polar surface area (TPSA) is 12.0 Å². The van der Waals surface area contributed by atoms with Gasteiger partial charge in [-0.3, -0.25) is 0 Å². The second-order valence-electron chi connectivity index (χ2n) is 4.87. The summed E-state index contributed by atoms with van der Waals surface area (Å²) in [5.41, 5.74) is 1.21.